The van der Waals surface area contributed by atoms with Crippen LogP contribution in [0.3, 0.4) is 0 Å². The Labute approximate surface area is 101 Å². The summed E-state index contributed by atoms with van der Waals surface area (Å²) in [6.45, 7) is 6.43. The molecular weight excluding hydrogens is 226 g/mol. The molecule has 6 heteroatoms. The van der Waals surface area contributed by atoms with Gasteiger partial charge in [-0.3, -0.25) is 0 Å². The van der Waals surface area contributed by atoms with Gasteiger partial charge in [-0.15, -0.1) is 0 Å². The number of nitrogens with zero attached hydrogens (tertiary/aromatic N) is 3. The van der Waals surface area contributed by atoms with Gasteiger partial charge in [-0.1, -0.05) is 0 Å². The van der Waals surface area contributed by atoms with Crippen LogP contribution in [0.5, 0.6) is 0 Å². The van der Waals surface area contributed by atoms with Crippen LogP contribution in [0.4, 0.5) is 0 Å². The maximum atomic E-state index is 5.72. The minimum Gasteiger partial charge on any atom is -0.356 e. The predicted molar refractivity (Wildman–Crippen MR) is 63.7 cm³/mol. The Kier molecular flexibility index (Phi) is 4.23. The van der Waals surface area contributed by atoms with Crippen LogP contribution in [0.1, 0.15) is 20.8 Å². The Morgan fingerprint density at radius 2 is 2.19 bits per heavy atom. The summed E-state index contributed by atoms with van der Waals surface area (Å²) < 4.78 is 15.0. The Bertz CT molecular complexity index is 397. The molecule has 0 N–H and O–H groups in total. The van der Waals surface area contributed by atoms with Crippen LogP contribution in [-0.2, 0) is 23.1 Å². The van der Waals surface area contributed by atoms with Crippen LogP contribution in [0.15, 0.2) is 6.33 Å². The third-order valence-corrected chi connectivity index (χ3v) is 2.73. The lowest BCUT2D eigenvalue weighted by Gasteiger charge is -2.28. The van der Waals surface area contributed by atoms with Crippen LogP contribution < -0.4 is 0 Å². The molecule has 16 heavy (non-hydrogen) atoms. The number of aryl methyl sites for hydroxylation is 1. The molecule has 1 aromatic rings. The van der Waals surface area contributed by atoms with Gasteiger partial charge in [0.25, 0.3) is 0 Å². The molecule has 92 valence electrons. The minimum absolute atomic E-state index is 0.243. The number of aromatic nitrogens is 3. The molecular formula is C10H19N3O2S. The highest BCUT2D eigenvalue weighted by atomic mass is 32.1. The number of hydrogen-bond donors (Lipinski definition) is 0. The van der Waals surface area contributed by atoms with E-state index in [1.54, 1.807) is 22.7 Å². The largest absolute Gasteiger partial charge is 0.356 e. The summed E-state index contributed by atoms with van der Waals surface area (Å²) in [5, 5.41) is 4.19. The lowest BCUT2D eigenvalue weighted by molar-refractivity contribution is -0.183. The Balaban J connectivity index is 2.72. The topological polar surface area (TPSA) is 41.2 Å². The molecule has 0 aliphatic carbocycles. The third-order valence-electron chi connectivity index (χ3n) is 2.23. The monoisotopic (exact) mass is 245 g/mol. The van der Waals surface area contributed by atoms with E-state index in [1.165, 1.54) is 0 Å². The van der Waals surface area contributed by atoms with Gasteiger partial charge in [0.05, 0.1) is 12.1 Å². The molecule has 0 radical (unpaired) electrons. The minimum atomic E-state index is -0.373. The molecule has 0 aromatic carbocycles. The molecule has 1 rings (SSSR count). The fourth-order valence-electron chi connectivity index (χ4n) is 1.42. The zero-order chi connectivity index (χ0) is 12.3. The number of methoxy groups -OCH3 is 1. The van der Waals surface area contributed by atoms with E-state index in [1.807, 2.05) is 27.8 Å². The van der Waals surface area contributed by atoms with Crippen molar-refractivity contribution >= 4 is 12.2 Å². The first-order chi connectivity index (χ1) is 7.35. The predicted octanol–water partition coefficient (Wildman–Crippen LogP) is 1.74. The molecule has 0 saturated carbocycles. The molecule has 0 fully saturated rings. The average molecular weight is 245 g/mol. The normalized spacial score (nSPS) is 14.1. The first-order valence-electron chi connectivity index (χ1n) is 5.15. The molecule has 1 heterocycles. The highest BCUT2D eigenvalue weighted by Gasteiger charge is 2.23. The van der Waals surface area contributed by atoms with Crippen molar-refractivity contribution in [3.63, 3.8) is 0 Å². The first-order valence-corrected chi connectivity index (χ1v) is 5.55. The average Bonchev–Trinajstić information content (AvgIpc) is 2.48. The highest BCUT2D eigenvalue weighted by molar-refractivity contribution is 7.71. The van der Waals surface area contributed by atoms with E-state index in [2.05, 4.69) is 5.10 Å². The second-order valence-corrected chi connectivity index (χ2v) is 4.73. The van der Waals surface area contributed by atoms with Gasteiger partial charge in [-0.05, 0) is 33.0 Å². The van der Waals surface area contributed by atoms with Crippen molar-refractivity contribution in [2.24, 2.45) is 7.05 Å². The molecule has 1 aromatic heterocycles. The number of hydrogen-bond acceptors (Lipinski definition) is 4. The van der Waals surface area contributed by atoms with Crippen LogP contribution in [0.2, 0.25) is 0 Å². The number of rotatable bonds is 5. The van der Waals surface area contributed by atoms with Gasteiger partial charge < -0.3 is 14.0 Å². The van der Waals surface area contributed by atoms with Crippen molar-refractivity contribution in [1.29, 1.82) is 0 Å². The van der Waals surface area contributed by atoms with E-state index >= 15 is 0 Å². The van der Waals surface area contributed by atoms with E-state index in [0.717, 1.165) is 0 Å². The molecule has 1 atom stereocenters. The van der Waals surface area contributed by atoms with Crippen molar-refractivity contribution in [3.8, 4) is 0 Å². The SMILES string of the molecule is COC(C)OC(C)(C)Cn1ncn(C)c1=S. The maximum Gasteiger partial charge on any atom is 0.197 e. The standard InChI is InChI=1S/C10H19N3O2S/c1-8(14-5)15-10(2,3)6-13-9(16)12(4)7-11-13/h7-8H,6H2,1-5H3. The molecule has 0 bridgehead atoms. The fourth-order valence-corrected chi connectivity index (χ4v) is 1.58. The maximum absolute atomic E-state index is 5.72. The second-order valence-electron chi connectivity index (χ2n) is 4.36. The second kappa shape index (κ2) is 5.07. The van der Waals surface area contributed by atoms with Crippen molar-refractivity contribution in [2.75, 3.05) is 7.11 Å². The van der Waals surface area contributed by atoms with E-state index in [4.69, 9.17) is 21.7 Å². The molecule has 0 saturated heterocycles. The van der Waals surface area contributed by atoms with Crippen molar-refractivity contribution < 1.29 is 9.47 Å². The van der Waals surface area contributed by atoms with E-state index in [-0.39, 0.29) is 11.9 Å². The summed E-state index contributed by atoms with van der Waals surface area (Å²) in [5.41, 5.74) is -0.373. The lowest BCUT2D eigenvalue weighted by atomic mass is 10.1. The highest BCUT2D eigenvalue weighted by Crippen LogP contribution is 2.15. The van der Waals surface area contributed by atoms with Crippen LogP contribution in [0, 0.1) is 4.77 Å². The summed E-state index contributed by atoms with van der Waals surface area (Å²) in [6.07, 6.45) is 1.45. The Morgan fingerprint density at radius 1 is 1.56 bits per heavy atom. The van der Waals surface area contributed by atoms with Gasteiger partial charge >= 0.3 is 0 Å². The molecule has 0 spiro atoms. The van der Waals surface area contributed by atoms with E-state index in [9.17, 15) is 0 Å². The van der Waals surface area contributed by atoms with Crippen LogP contribution in [0.25, 0.3) is 0 Å². The molecule has 0 amide bonds. The Hall–Kier alpha value is -0.720. The van der Waals surface area contributed by atoms with Gasteiger partial charge in [0.1, 0.15) is 6.33 Å². The summed E-state index contributed by atoms with van der Waals surface area (Å²) in [6, 6.07) is 0. The molecule has 1 unspecified atom stereocenters. The smallest absolute Gasteiger partial charge is 0.197 e. The van der Waals surface area contributed by atoms with Crippen LogP contribution in [-0.4, -0.2) is 33.3 Å². The zero-order valence-corrected chi connectivity index (χ0v) is 11.2. The number of ether oxygens (including phenoxy) is 2. The Morgan fingerprint density at radius 3 is 2.62 bits per heavy atom. The lowest BCUT2D eigenvalue weighted by Crippen LogP contribution is -2.35. The van der Waals surface area contributed by atoms with Crippen molar-refractivity contribution in [3.05, 3.63) is 11.1 Å². The summed E-state index contributed by atoms with van der Waals surface area (Å²) in [7, 11) is 3.49. The van der Waals surface area contributed by atoms with Gasteiger partial charge in [-0.25, -0.2) is 4.68 Å². The quantitative estimate of drug-likeness (QED) is 0.585. The molecule has 5 nitrogen and oxygen atoms in total. The summed E-state index contributed by atoms with van der Waals surface area (Å²) in [5.74, 6) is 0. The van der Waals surface area contributed by atoms with E-state index < -0.39 is 0 Å². The van der Waals surface area contributed by atoms with Gasteiger partial charge in [0, 0.05) is 14.2 Å². The van der Waals surface area contributed by atoms with E-state index in [0.29, 0.717) is 11.3 Å². The fraction of sp³-hybridized carbons (Fsp3) is 0.800. The van der Waals surface area contributed by atoms with Crippen LogP contribution >= 0.6 is 12.2 Å². The van der Waals surface area contributed by atoms with Crippen molar-refractivity contribution in [2.45, 2.75) is 39.2 Å². The van der Waals surface area contributed by atoms with Crippen molar-refractivity contribution in [1.82, 2.24) is 14.3 Å². The van der Waals surface area contributed by atoms with Gasteiger partial charge in [0.15, 0.2) is 11.1 Å². The van der Waals surface area contributed by atoms with Gasteiger partial charge in [-0.2, -0.15) is 5.10 Å². The molecule has 0 aliphatic heterocycles. The zero-order valence-electron chi connectivity index (χ0n) is 10.4. The van der Waals surface area contributed by atoms with Gasteiger partial charge in [0.2, 0.25) is 0 Å². The third kappa shape index (κ3) is 3.40. The summed E-state index contributed by atoms with van der Waals surface area (Å²) >= 11 is 5.21. The molecule has 0 aliphatic rings. The summed E-state index contributed by atoms with van der Waals surface area (Å²) in [4.78, 5) is 0. The first kappa shape index (κ1) is 13.3.